The van der Waals surface area contributed by atoms with Crippen LogP contribution in [0.2, 0.25) is 0 Å². The number of nitrogens with zero attached hydrogens (tertiary/aromatic N) is 3. The van der Waals surface area contributed by atoms with E-state index in [2.05, 4.69) is 34.9 Å². The molecular formula is C38H48N6O9S. The van der Waals surface area contributed by atoms with Crippen LogP contribution in [0.5, 0.6) is 0 Å². The van der Waals surface area contributed by atoms with E-state index in [1.54, 1.807) is 19.1 Å². The highest BCUT2D eigenvalue weighted by Crippen LogP contribution is 2.44. The first-order chi connectivity index (χ1) is 26.0. The normalized spacial score (nSPS) is 13.1. The lowest BCUT2D eigenvalue weighted by Gasteiger charge is -2.28. The molecule has 1 aliphatic carbocycles. The Bertz CT molecular complexity index is 1980. The van der Waals surface area contributed by atoms with Gasteiger partial charge in [0.15, 0.2) is 0 Å². The van der Waals surface area contributed by atoms with Gasteiger partial charge < -0.3 is 35.1 Å². The molecule has 0 radical (unpaired) electrons. The first-order valence-corrected chi connectivity index (χ1v) is 19.3. The molecule has 0 bridgehead atoms. The maximum absolute atomic E-state index is 13.3. The van der Waals surface area contributed by atoms with Crippen molar-refractivity contribution in [2.24, 2.45) is 5.73 Å². The topological polar surface area (TPSA) is 195 Å². The van der Waals surface area contributed by atoms with Crippen LogP contribution in [0.15, 0.2) is 78.9 Å². The van der Waals surface area contributed by atoms with Gasteiger partial charge >= 0.3 is 6.09 Å². The molecule has 4 aromatic rings. The largest absolute Gasteiger partial charge is 0.447 e. The number of ether oxygens (including phenoxy) is 3. The average Bonchev–Trinajstić information content (AvgIpc) is 3.67. The van der Waals surface area contributed by atoms with Crippen LogP contribution in [-0.2, 0) is 47.0 Å². The van der Waals surface area contributed by atoms with Crippen LogP contribution >= 0.6 is 0 Å². The minimum Gasteiger partial charge on any atom is -0.447 e. The smallest absolute Gasteiger partial charge is 0.424 e. The number of aryl methyl sites for hydroxylation is 1. The van der Waals surface area contributed by atoms with E-state index in [1.165, 1.54) is 5.01 Å². The zero-order valence-electron chi connectivity index (χ0n) is 30.5. The fourth-order valence-electron chi connectivity index (χ4n) is 6.48. The quantitative estimate of drug-likeness (QED) is 0.0588. The molecule has 1 atom stereocenters. The number of aromatic nitrogens is 1. The van der Waals surface area contributed by atoms with E-state index in [4.69, 9.17) is 19.9 Å². The SMILES string of the molecule is CN(Cc1cc2ccccc2n1CCC(=O)NC(CS(=O)(=O)O)C(=O)NCCOCCOCCN)N(C)C(=O)OCC1c2ccccc2-c2ccccc21. The van der Waals surface area contributed by atoms with E-state index in [0.717, 1.165) is 38.9 Å². The minimum atomic E-state index is -4.61. The molecule has 0 saturated carbocycles. The van der Waals surface area contributed by atoms with Crippen molar-refractivity contribution in [3.8, 4) is 11.1 Å². The summed E-state index contributed by atoms with van der Waals surface area (Å²) in [6.07, 6.45) is -0.633. The zero-order chi connectivity index (χ0) is 38.7. The third kappa shape index (κ3) is 10.6. The molecule has 16 heteroatoms. The summed E-state index contributed by atoms with van der Waals surface area (Å²) in [4.78, 5) is 39.3. The molecule has 0 fully saturated rings. The van der Waals surface area contributed by atoms with Crippen LogP contribution in [0.3, 0.4) is 0 Å². The fourth-order valence-corrected chi connectivity index (χ4v) is 7.13. The van der Waals surface area contributed by atoms with Crippen LogP contribution < -0.4 is 16.4 Å². The van der Waals surface area contributed by atoms with Gasteiger partial charge in [-0.2, -0.15) is 8.42 Å². The minimum absolute atomic E-state index is 0.0459. The molecule has 0 saturated heterocycles. The summed E-state index contributed by atoms with van der Waals surface area (Å²) in [6.45, 7) is 2.20. The maximum Gasteiger partial charge on any atom is 0.424 e. The molecule has 15 nitrogen and oxygen atoms in total. The molecule has 54 heavy (non-hydrogen) atoms. The van der Waals surface area contributed by atoms with Crippen LogP contribution in [0.25, 0.3) is 22.0 Å². The standard InChI is InChI=1S/C38H48N6O9S/c1-42(43(2)38(47)53-25-33-31-12-6-4-10-29(31)30-11-5-7-13-32(30)33)24-28-23-27-9-3-8-14-35(27)44(28)18-15-36(45)41-34(26-54(48,49)50)37(46)40-17-20-52-22-21-51-19-16-39/h3-14,23,33-34H,15-22,24-26,39H2,1-2H3,(H,40,46)(H,41,45)(H,48,49,50). The lowest BCUT2D eigenvalue weighted by Crippen LogP contribution is -2.51. The lowest BCUT2D eigenvalue weighted by molar-refractivity contribution is -0.128. The Labute approximate surface area is 315 Å². The van der Waals surface area contributed by atoms with Crippen molar-refractivity contribution in [3.05, 3.63) is 95.7 Å². The highest BCUT2D eigenvalue weighted by Gasteiger charge is 2.30. The predicted molar refractivity (Wildman–Crippen MR) is 203 cm³/mol. The molecule has 290 valence electrons. The number of benzene rings is 3. The average molecular weight is 765 g/mol. The van der Waals surface area contributed by atoms with Gasteiger partial charge in [-0.25, -0.2) is 14.8 Å². The number of amides is 3. The number of rotatable bonds is 20. The number of nitrogens with two attached hydrogens (primary N) is 1. The molecule has 3 amide bonds. The van der Waals surface area contributed by atoms with Crippen molar-refractivity contribution in [1.29, 1.82) is 0 Å². The van der Waals surface area contributed by atoms with Gasteiger partial charge in [-0.15, -0.1) is 0 Å². The van der Waals surface area contributed by atoms with Crippen molar-refractivity contribution < 1.29 is 41.6 Å². The van der Waals surface area contributed by atoms with Gasteiger partial charge in [-0.05, 0) is 39.8 Å². The Morgan fingerprint density at radius 2 is 1.54 bits per heavy atom. The second-order valence-electron chi connectivity index (χ2n) is 12.9. The molecule has 1 unspecified atom stereocenters. The van der Waals surface area contributed by atoms with Crippen molar-refractivity contribution in [1.82, 2.24) is 25.2 Å². The van der Waals surface area contributed by atoms with Gasteiger partial charge in [0.1, 0.15) is 18.4 Å². The molecule has 5 N–H and O–H groups in total. The molecule has 1 aromatic heterocycles. The molecule has 0 aliphatic heterocycles. The molecule has 1 aliphatic rings. The zero-order valence-corrected chi connectivity index (χ0v) is 31.3. The van der Waals surface area contributed by atoms with Crippen molar-refractivity contribution in [2.75, 3.05) is 66.0 Å². The second-order valence-corrected chi connectivity index (χ2v) is 14.4. The number of hydrazine groups is 1. The molecule has 3 aromatic carbocycles. The first-order valence-electron chi connectivity index (χ1n) is 17.7. The number of para-hydroxylation sites is 1. The number of hydrogen-bond donors (Lipinski definition) is 4. The summed E-state index contributed by atoms with van der Waals surface area (Å²) in [7, 11) is -1.22. The number of carbonyl (C=O) groups excluding carboxylic acids is 3. The van der Waals surface area contributed by atoms with Gasteiger partial charge in [-0.1, -0.05) is 66.7 Å². The Balaban J connectivity index is 1.18. The molecular weight excluding hydrogens is 717 g/mol. The second kappa shape index (κ2) is 19.0. The Hall–Kier alpha value is -4.84. The van der Waals surface area contributed by atoms with Gasteiger partial charge in [0.25, 0.3) is 10.1 Å². The maximum atomic E-state index is 13.3. The Morgan fingerprint density at radius 1 is 0.907 bits per heavy atom. The third-order valence-electron chi connectivity index (χ3n) is 9.17. The summed E-state index contributed by atoms with van der Waals surface area (Å²) in [5.74, 6) is -2.46. The first kappa shape index (κ1) is 40.3. The predicted octanol–water partition coefficient (Wildman–Crippen LogP) is 2.74. The highest BCUT2D eigenvalue weighted by atomic mass is 32.2. The van der Waals surface area contributed by atoms with Crippen molar-refractivity contribution >= 4 is 38.9 Å². The van der Waals surface area contributed by atoms with E-state index in [1.807, 2.05) is 59.2 Å². The third-order valence-corrected chi connectivity index (χ3v) is 9.93. The Kier molecular flexibility index (Phi) is 14.2. The van der Waals surface area contributed by atoms with Crippen LogP contribution in [-0.4, -0.2) is 117 Å². The van der Waals surface area contributed by atoms with Gasteiger partial charge in [0, 0.05) is 57.3 Å². The summed E-state index contributed by atoms with van der Waals surface area (Å²) >= 11 is 0. The van der Waals surface area contributed by atoms with E-state index in [9.17, 15) is 27.4 Å². The monoisotopic (exact) mass is 764 g/mol. The Morgan fingerprint density at radius 3 is 2.20 bits per heavy atom. The van der Waals surface area contributed by atoms with Crippen LogP contribution in [0.1, 0.15) is 29.2 Å². The highest BCUT2D eigenvalue weighted by molar-refractivity contribution is 7.85. The molecule has 5 rings (SSSR count). The summed E-state index contributed by atoms with van der Waals surface area (Å²) in [5.41, 5.74) is 11.5. The van der Waals surface area contributed by atoms with Crippen molar-refractivity contribution in [2.45, 2.75) is 31.5 Å². The van der Waals surface area contributed by atoms with E-state index >= 15 is 0 Å². The van der Waals surface area contributed by atoms with E-state index in [-0.39, 0.29) is 51.8 Å². The van der Waals surface area contributed by atoms with Crippen molar-refractivity contribution in [3.63, 3.8) is 0 Å². The number of nitrogens with one attached hydrogen (secondary N) is 2. The van der Waals surface area contributed by atoms with E-state index < -0.39 is 39.8 Å². The van der Waals surface area contributed by atoms with E-state index in [0.29, 0.717) is 19.8 Å². The van der Waals surface area contributed by atoms with Gasteiger partial charge in [0.05, 0.1) is 33.0 Å². The molecule has 1 heterocycles. The molecule has 0 spiro atoms. The summed E-state index contributed by atoms with van der Waals surface area (Å²) < 4.78 is 51.2. The summed E-state index contributed by atoms with van der Waals surface area (Å²) in [6, 6.07) is 24.3. The fraction of sp³-hybridized carbons (Fsp3) is 0.395. The van der Waals surface area contributed by atoms with Crippen LogP contribution in [0, 0.1) is 0 Å². The number of fused-ring (bicyclic) bond motifs is 4. The lowest BCUT2D eigenvalue weighted by atomic mass is 9.98. The number of carbonyl (C=O) groups is 3. The van der Waals surface area contributed by atoms with Crippen LogP contribution in [0.4, 0.5) is 4.79 Å². The number of hydrogen-bond acceptors (Lipinski definition) is 10. The van der Waals surface area contributed by atoms with Gasteiger partial charge in [-0.3, -0.25) is 14.1 Å². The van der Waals surface area contributed by atoms with Gasteiger partial charge in [0.2, 0.25) is 11.8 Å². The summed E-state index contributed by atoms with van der Waals surface area (Å²) in [5, 5.41) is 9.01.